The molecule has 0 spiro atoms. The molecule has 1 N–H and O–H groups in total. The number of aromatic carboxylic acids is 1. The summed E-state index contributed by atoms with van der Waals surface area (Å²) in [4.78, 5) is 24.3. The summed E-state index contributed by atoms with van der Waals surface area (Å²) in [5.41, 5.74) is 0.0323. The van der Waals surface area contributed by atoms with Crippen LogP contribution < -0.4 is 10.3 Å². The van der Waals surface area contributed by atoms with Gasteiger partial charge < -0.3 is 9.84 Å². The van der Waals surface area contributed by atoms with Crippen molar-refractivity contribution in [3.05, 3.63) is 68.1 Å². The van der Waals surface area contributed by atoms with Gasteiger partial charge in [0.05, 0.1) is 29.1 Å². The van der Waals surface area contributed by atoms with Crippen molar-refractivity contribution in [1.82, 2.24) is 9.78 Å². The molecule has 26 heavy (non-hydrogen) atoms. The van der Waals surface area contributed by atoms with Crippen molar-refractivity contribution < 1.29 is 14.6 Å². The second-order valence-corrected chi connectivity index (χ2v) is 6.09. The molecule has 0 amide bonds. The van der Waals surface area contributed by atoms with E-state index in [2.05, 4.69) is 5.10 Å². The largest absolute Gasteiger partial charge is 0.497 e. The second-order valence-electron chi connectivity index (χ2n) is 5.28. The van der Waals surface area contributed by atoms with E-state index in [1.165, 1.54) is 19.2 Å². The molecule has 0 aliphatic heterocycles. The van der Waals surface area contributed by atoms with Gasteiger partial charge >= 0.3 is 5.97 Å². The maximum atomic E-state index is 12.7. The number of carboxylic acids is 1. The molecule has 0 aliphatic rings. The molecule has 0 atom stereocenters. The van der Waals surface area contributed by atoms with Gasteiger partial charge in [0, 0.05) is 5.39 Å². The molecule has 0 fully saturated rings. The zero-order valence-electron chi connectivity index (χ0n) is 13.4. The maximum Gasteiger partial charge on any atom is 0.357 e. The predicted octanol–water partition coefficient (Wildman–Crippen LogP) is 3.88. The number of rotatable bonds is 4. The van der Waals surface area contributed by atoms with E-state index < -0.39 is 11.5 Å². The Morgan fingerprint density at radius 1 is 1.15 bits per heavy atom. The number of ether oxygens (including phenoxy) is 1. The van der Waals surface area contributed by atoms with Crippen LogP contribution in [0.5, 0.6) is 5.75 Å². The first kappa shape index (κ1) is 20.0. The van der Waals surface area contributed by atoms with Crippen LogP contribution in [-0.4, -0.2) is 28.0 Å². The van der Waals surface area contributed by atoms with Crippen molar-refractivity contribution >= 4 is 52.4 Å². The van der Waals surface area contributed by atoms with Crippen LogP contribution in [-0.2, 0) is 6.54 Å². The van der Waals surface area contributed by atoms with Crippen molar-refractivity contribution in [2.24, 2.45) is 0 Å². The van der Waals surface area contributed by atoms with Crippen molar-refractivity contribution in [2.75, 3.05) is 7.11 Å². The van der Waals surface area contributed by atoms with Gasteiger partial charge in [-0.3, -0.25) is 4.79 Å². The Morgan fingerprint density at radius 3 is 2.50 bits per heavy atom. The molecule has 136 valence electrons. The van der Waals surface area contributed by atoms with Crippen LogP contribution in [0.15, 0.2) is 41.2 Å². The molecule has 3 aromatic rings. The molecule has 9 heteroatoms. The standard InChI is InChI=1S/C17H12Cl2N2O4.ClH/c1-25-10-3-4-11-12(7-10)16(22)21(20-15(11)17(23)24)8-9-2-5-13(18)14(19)6-9;/h2-7H,8H2,1H3,(H,23,24);1H. The van der Waals surface area contributed by atoms with Gasteiger partial charge in [-0.2, -0.15) is 5.10 Å². The van der Waals surface area contributed by atoms with E-state index >= 15 is 0 Å². The molecule has 0 saturated carbocycles. The average molecular weight is 416 g/mol. The molecule has 0 bridgehead atoms. The summed E-state index contributed by atoms with van der Waals surface area (Å²) >= 11 is 11.9. The fourth-order valence-corrected chi connectivity index (χ4v) is 2.79. The number of halogens is 3. The molecular formula is C17H13Cl3N2O4. The van der Waals surface area contributed by atoms with Gasteiger partial charge in [-0.1, -0.05) is 29.3 Å². The molecule has 1 heterocycles. The molecule has 0 unspecified atom stereocenters. The van der Waals surface area contributed by atoms with Gasteiger partial charge in [-0.05, 0) is 35.9 Å². The Kier molecular flexibility index (Phi) is 6.13. The number of methoxy groups -OCH3 is 1. The van der Waals surface area contributed by atoms with Crippen LogP contribution in [0.25, 0.3) is 10.8 Å². The zero-order chi connectivity index (χ0) is 18.1. The van der Waals surface area contributed by atoms with E-state index in [4.69, 9.17) is 27.9 Å². The van der Waals surface area contributed by atoms with Crippen molar-refractivity contribution in [1.29, 1.82) is 0 Å². The number of hydrogen-bond donors (Lipinski definition) is 1. The first-order valence-electron chi connectivity index (χ1n) is 7.17. The van der Waals surface area contributed by atoms with Gasteiger partial charge in [0.15, 0.2) is 5.69 Å². The Bertz CT molecular complexity index is 1050. The van der Waals surface area contributed by atoms with Crippen LogP contribution in [0.3, 0.4) is 0 Å². The van der Waals surface area contributed by atoms with Crippen LogP contribution in [0.1, 0.15) is 16.1 Å². The highest BCUT2D eigenvalue weighted by Crippen LogP contribution is 2.23. The van der Waals surface area contributed by atoms with E-state index in [0.717, 1.165) is 4.68 Å². The lowest BCUT2D eigenvalue weighted by molar-refractivity contribution is 0.0690. The van der Waals surface area contributed by atoms with Crippen molar-refractivity contribution in [2.45, 2.75) is 6.54 Å². The highest BCUT2D eigenvalue weighted by atomic mass is 35.5. The lowest BCUT2D eigenvalue weighted by atomic mass is 10.1. The van der Waals surface area contributed by atoms with E-state index in [0.29, 0.717) is 21.4 Å². The third kappa shape index (κ3) is 3.77. The molecule has 1 aromatic heterocycles. The normalized spacial score (nSPS) is 10.4. The average Bonchev–Trinajstić information content (AvgIpc) is 2.60. The third-order valence-electron chi connectivity index (χ3n) is 3.69. The van der Waals surface area contributed by atoms with Gasteiger partial charge in [-0.25, -0.2) is 9.48 Å². The highest BCUT2D eigenvalue weighted by molar-refractivity contribution is 6.42. The molecule has 2 aromatic carbocycles. The zero-order valence-corrected chi connectivity index (χ0v) is 15.7. The Balaban J connectivity index is 0.00000243. The van der Waals surface area contributed by atoms with Crippen LogP contribution in [0, 0.1) is 0 Å². The lowest BCUT2D eigenvalue weighted by Crippen LogP contribution is -2.26. The number of carboxylic acid groups (broad SMARTS) is 1. The second kappa shape index (κ2) is 7.95. The van der Waals surface area contributed by atoms with E-state index in [1.807, 2.05) is 0 Å². The van der Waals surface area contributed by atoms with E-state index in [1.54, 1.807) is 24.3 Å². The third-order valence-corrected chi connectivity index (χ3v) is 4.43. The van der Waals surface area contributed by atoms with Crippen LogP contribution in [0.4, 0.5) is 0 Å². The summed E-state index contributed by atoms with van der Waals surface area (Å²) in [5.74, 6) is -0.772. The summed E-state index contributed by atoms with van der Waals surface area (Å²) in [6.07, 6.45) is 0. The summed E-state index contributed by atoms with van der Waals surface area (Å²) in [5, 5.41) is 14.6. The van der Waals surface area contributed by atoms with Crippen LogP contribution in [0.2, 0.25) is 10.0 Å². The minimum absolute atomic E-state index is 0. The number of hydrogen-bond acceptors (Lipinski definition) is 4. The van der Waals surface area contributed by atoms with Gasteiger partial charge in [0.2, 0.25) is 0 Å². The quantitative estimate of drug-likeness (QED) is 0.699. The van der Waals surface area contributed by atoms with Crippen molar-refractivity contribution in [3.8, 4) is 5.75 Å². The topological polar surface area (TPSA) is 81.4 Å². The highest BCUT2D eigenvalue weighted by Gasteiger charge is 2.17. The Labute approximate surface area is 164 Å². The van der Waals surface area contributed by atoms with Gasteiger partial charge in [0.1, 0.15) is 5.75 Å². The number of fused-ring (bicyclic) bond motifs is 1. The number of aromatic nitrogens is 2. The first-order valence-corrected chi connectivity index (χ1v) is 7.92. The molecule has 0 saturated heterocycles. The minimum Gasteiger partial charge on any atom is -0.497 e. The van der Waals surface area contributed by atoms with E-state index in [9.17, 15) is 14.7 Å². The summed E-state index contributed by atoms with van der Waals surface area (Å²) in [6.45, 7) is 0.0587. The number of nitrogens with zero attached hydrogens (tertiary/aromatic N) is 2. The summed E-state index contributed by atoms with van der Waals surface area (Å²) < 4.78 is 6.20. The summed E-state index contributed by atoms with van der Waals surface area (Å²) in [6, 6.07) is 9.49. The van der Waals surface area contributed by atoms with Crippen LogP contribution >= 0.6 is 35.6 Å². The molecule has 3 rings (SSSR count). The molecular weight excluding hydrogens is 403 g/mol. The smallest absolute Gasteiger partial charge is 0.357 e. The van der Waals surface area contributed by atoms with Crippen molar-refractivity contribution in [3.63, 3.8) is 0 Å². The molecule has 0 radical (unpaired) electrons. The van der Waals surface area contributed by atoms with Gasteiger partial charge in [-0.15, -0.1) is 12.4 Å². The first-order chi connectivity index (χ1) is 11.9. The fourth-order valence-electron chi connectivity index (χ4n) is 2.47. The number of benzene rings is 2. The van der Waals surface area contributed by atoms with Gasteiger partial charge in [0.25, 0.3) is 5.56 Å². The Hall–Kier alpha value is -2.28. The molecule has 6 nitrogen and oxygen atoms in total. The summed E-state index contributed by atoms with van der Waals surface area (Å²) in [7, 11) is 1.47. The SMILES string of the molecule is COc1ccc2c(C(=O)O)nn(Cc3ccc(Cl)c(Cl)c3)c(=O)c2c1.Cl. The lowest BCUT2D eigenvalue weighted by Gasteiger charge is -2.10. The fraction of sp³-hybridized carbons (Fsp3) is 0.118. The Morgan fingerprint density at radius 2 is 1.88 bits per heavy atom. The number of carbonyl (C=O) groups is 1. The molecule has 0 aliphatic carbocycles. The maximum absolute atomic E-state index is 12.7. The minimum atomic E-state index is -1.22. The van der Waals surface area contributed by atoms with E-state index in [-0.39, 0.29) is 35.4 Å². The monoisotopic (exact) mass is 414 g/mol. The predicted molar refractivity (Wildman–Crippen MR) is 102 cm³/mol.